The molecule has 2 aromatic rings. The van der Waals surface area contributed by atoms with E-state index < -0.39 is 0 Å². The van der Waals surface area contributed by atoms with Gasteiger partial charge in [0.1, 0.15) is 5.75 Å². The molecule has 3 rings (SSSR count). The van der Waals surface area contributed by atoms with Crippen molar-refractivity contribution >= 4 is 41.4 Å². The van der Waals surface area contributed by atoms with E-state index in [0.717, 1.165) is 43.6 Å². The molecule has 6 heteroatoms. The van der Waals surface area contributed by atoms with E-state index >= 15 is 0 Å². The van der Waals surface area contributed by atoms with Crippen LogP contribution in [0.3, 0.4) is 0 Å². The Hall–Kier alpha value is -1.23. The lowest BCUT2D eigenvalue weighted by Crippen LogP contribution is -2.18. The average molecular weight is 386 g/mol. The second kappa shape index (κ2) is 10.0. The number of pyridine rings is 1. The molecule has 0 aliphatic heterocycles. The van der Waals surface area contributed by atoms with Crippen LogP contribution in [-0.2, 0) is 12.8 Å². The molecule has 0 amide bonds. The molecule has 1 aliphatic rings. The first-order valence-electron chi connectivity index (χ1n) is 8.57. The Kier molecular flexibility index (Phi) is 8.77. The predicted molar refractivity (Wildman–Crippen MR) is 111 cm³/mol. The summed E-state index contributed by atoms with van der Waals surface area (Å²) in [7, 11) is 5.96. The summed E-state index contributed by atoms with van der Waals surface area (Å²) in [5, 5.41) is 4.89. The summed E-state index contributed by atoms with van der Waals surface area (Å²) < 4.78 is 5.42. The zero-order valence-electron chi connectivity index (χ0n) is 15.3. The lowest BCUT2D eigenvalue weighted by molar-refractivity contribution is 0.405. The highest BCUT2D eigenvalue weighted by Gasteiger charge is 2.18. The van der Waals surface area contributed by atoms with Crippen LogP contribution in [0.2, 0.25) is 0 Å². The Morgan fingerprint density at radius 1 is 1.16 bits per heavy atom. The van der Waals surface area contributed by atoms with Crippen molar-refractivity contribution in [2.24, 2.45) is 0 Å². The number of fused-ring (bicyclic) bond motifs is 2. The maximum absolute atomic E-state index is 5.42. The van der Waals surface area contributed by atoms with E-state index in [9.17, 15) is 0 Å². The molecule has 0 atom stereocenters. The molecule has 0 unspecified atom stereocenters. The number of nitrogens with one attached hydrogen (secondary N) is 1. The Labute approximate surface area is 163 Å². The van der Waals surface area contributed by atoms with E-state index in [-0.39, 0.29) is 24.8 Å². The zero-order chi connectivity index (χ0) is 16.2. The highest BCUT2D eigenvalue weighted by atomic mass is 35.5. The lowest BCUT2D eigenvalue weighted by atomic mass is 9.92. The predicted octanol–water partition coefficient (Wildman–Crippen LogP) is 4.33. The minimum atomic E-state index is 0. The SMILES string of the molecule is COc1ccc2nc3c(c(NCCCN(C)C)c2c1)CCCC3.Cl.Cl. The molecule has 1 N–H and O–H groups in total. The van der Waals surface area contributed by atoms with Crippen molar-refractivity contribution < 1.29 is 4.74 Å². The fraction of sp³-hybridized carbons (Fsp3) is 0.526. The van der Waals surface area contributed by atoms with E-state index in [1.54, 1.807) is 7.11 Å². The standard InChI is InChI=1S/C19H27N3O.2ClH/c1-22(2)12-6-11-20-19-15-7-4-5-8-17(15)21-18-10-9-14(23-3)13-16(18)19;;/h9-10,13H,4-8,11-12H2,1-3H3,(H,20,21);2*1H. The molecule has 0 fully saturated rings. The summed E-state index contributed by atoms with van der Waals surface area (Å²) in [6.07, 6.45) is 5.88. The third-order valence-electron chi connectivity index (χ3n) is 4.55. The van der Waals surface area contributed by atoms with E-state index in [2.05, 4.69) is 36.4 Å². The highest BCUT2D eigenvalue weighted by Crippen LogP contribution is 2.35. The van der Waals surface area contributed by atoms with Crippen molar-refractivity contribution in [1.29, 1.82) is 0 Å². The number of benzene rings is 1. The van der Waals surface area contributed by atoms with Crippen LogP contribution in [0, 0.1) is 0 Å². The van der Waals surface area contributed by atoms with E-state index in [1.165, 1.54) is 35.2 Å². The molecule has 0 spiro atoms. The van der Waals surface area contributed by atoms with Crippen LogP contribution in [0.15, 0.2) is 18.2 Å². The Bertz CT molecular complexity index is 692. The summed E-state index contributed by atoms with van der Waals surface area (Å²) in [5.41, 5.74) is 5.05. The van der Waals surface area contributed by atoms with Gasteiger partial charge in [-0.1, -0.05) is 0 Å². The van der Waals surface area contributed by atoms with Crippen LogP contribution in [0.1, 0.15) is 30.5 Å². The molecule has 1 aliphatic carbocycles. The molecule has 25 heavy (non-hydrogen) atoms. The summed E-state index contributed by atoms with van der Waals surface area (Å²) in [6.45, 7) is 2.09. The number of ether oxygens (including phenoxy) is 1. The number of halogens is 2. The second-order valence-electron chi connectivity index (χ2n) is 6.59. The number of aryl methyl sites for hydroxylation is 1. The van der Waals surface area contributed by atoms with Crippen molar-refractivity contribution in [3.8, 4) is 5.75 Å². The smallest absolute Gasteiger partial charge is 0.119 e. The number of nitrogens with zero attached hydrogens (tertiary/aromatic N) is 2. The molecule has 1 heterocycles. The number of hydrogen-bond donors (Lipinski definition) is 1. The molecule has 0 bridgehead atoms. The van der Waals surface area contributed by atoms with Crippen LogP contribution < -0.4 is 10.1 Å². The summed E-state index contributed by atoms with van der Waals surface area (Å²) >= 11 is 0. The normalized spacial score (nSPS) is 13.0. The van der Waals surface area contributed by atoms with Gasteiger partial charge in [-0.3, -0.25) is 4.98 Å². The van der Waals surface area contributed by atoms with Gasteiger partial charge in [0, 0.05) is 23.3 Å². The highest BCUT2D eigenvalue weighted by molar-refractivity contribution is 5.94. The Morgan fingerprint density at radius 2 is 1.92 bits per heavy atom. The van der Waals surface area contributed by atoms with Gasteiger partial charge in [-0.05, 0) is 76.5 Å². The monoisotopic (exact) mass is 385 g/mol. The van der Waals surface area contributed by atoms with E-state index in [4.69, 9.17) is 9.72 Å². The molecule has 4 nitrogen and oxygen atoms in total. The van der Waals surface area contributed by atoms with Gasteiger partial charge in [-0.2, -0.15) is 0 Å². The first-order valence-corrected chi connectivity index (χ1v) is 8.57. The molecule has 1 aromatic carbocycles. The van der Waals surface area contributed by atoms with Crippen molar-refractivity contribution in [2.45, 2.75) is 32.1 Å². The van der Waals surface area contributed by atoms with Crippen LogP contribution in [0.5, 0.6) is 5.75 Å². The molecule has 0 saturated heterocycles. The Morgan fingerprint density at radius 3 is 2.64 bits per heavy atom. The van der Waals surface area contributed by atoms with Crippen molar-refractivity contribution in [1.82, 2.24) is 9.88 Å². The van der Waals surface area contributed by atoms with Crippen molar-refractivity contribution in [3.05, 3.63) is 29.5 Å². The van der Waals surface area contributed by atoms with Gasteiger partial charge in [-0.25, -0.2) is 0 Å². The topological polar surface area (TPSA) is 37.4 Å². The number of hydrogen-bond acceptors (Lipinski definition) is 4. The minimum Gasteiger partial charge on any atom is -0.497 e. The fourth-order valence-corrected chi connectivity index (χ4v) is 3.34. The third kappa shape index (κ3) is 5.13. The summed E-state index contributed by atoms with van der Waals surface area (Å²) in [5.74, 6) is 0.895. The number of methoxy groups -OCH3 is 1. The molecule has 1 aromatic heterocycles. The quantitative estimate of drug-likeness (QED) is 0.750. The maximum atomic E-state index is 5.42. The van der Waals surface area contributed by atoms with Gasteiger partial charge < -0.3 is 15.0 Å². The number of anilines is 1. The Balaban J connectivity index is 0.00000156. The van der Waals surface area contributed by atoms with Gasteiger partial charge in [0.05, 0.1) is 12.6 Å². The zero-order valence-corrected chi connectivity index (χ0v) is 16.9. The first kappa shape index (κ1) is 21.8. The molecule has 0 saturated carbocycles. The molecule has 140 valence electrons. The summed E-state index contributed by atoms with van der Waals surface area (Å²) in [6, 6.07) is 6.19. The van der Waals surface area contributed by atoms with Crippen molar-refractivity contribution in [3.63, 3.8) is 0 Å². The van der Waals surface area contributed by atoms with Gasteiger partial charge in [0.15, 0.2) is 0 Å². The van der Waals surface area contributed by atoms with Crippen LogP contribution >= 0.6 is 24.8 Å². The third-order valence-corrected chi connectivity index (χ3v) is 4.55. The average Bonchev–Trinajstić information content (AvgIpc) is 2.57. The second-order valence-corrected chi connectivity index (χ2v) is 6.59. The van der Waals surface area contributed by atoms with Gasteiger partial charge >= 0.3 is 0 Å². The molecular formula is C19H29Cl2N3O. The van der Waals surface area contributed by atoms with Crippen LogP contribution in [-0.4, -0.2) is 44.2 Å². The van der Waals surface area contributed by atoms with Gasteiger partial charge in [0.2, 0.25) is 0 Å². The van der Waals surface area contributed by atoms with Crippen molar-refractivity contribution in [2.75, 3.05) is 39.6 Å². The van der Waals surface area contributed by atoms with Gasteiger partial charge in [0.25, 0.3) is 0 Å². The van der Waals surface area contributed by atoms with E-state index in [1.807, 2.05) is 6.07 Å². The lowest BCUT2D eigenvalue weighted by Gasteiger charge is -2.22. The summed E-state index contributed by atoms with van der Waals surface area (Å²) in [4.78, 5) is 7.13. The molecular weight excluding hydrogens is 357 g/mol. The number of rotatable bonds is 6. The molecule has 0 radical (unpaired) electrons. The maximum Gasteiger partial charge on any atom is 0.119 e. The number of aromatic nitrogens is 1. The fourth-order valence-electron chi connectivity index (χ4n) is 3.34. The minimum absolute atomic E-state index is 0. The van der Waals surface area contributed by atoms with E-state index in [0.29, 0.717) is 0 Å². The first-order chi connectivity index (χ1) is 11.2. The van der Waals surface area contributed by atoms with Gasteiger partial charge in [-0.15, -0.1) is 24.8 Å². The largest absolute Gasteiger partial charge is 0.497 e. The van der Waals surface area contributed by atoms with Crippen LogP contribution in [0.4, 0.5) is 5.69 Å². The van der Waals surface area contributed by atoms with Crippen LogP contribution in [0.25, 0.3) is 10.9 Å².